The molecule has 0 fully saturated rings. The van der Waals surface area contributed by atoms with E-state index in [1.165, 1.54) is 6.21 Å². The standard InChI is InChI=1S/C19H20ClN5O/c1-12-15(11-23-16-6-7-17(20)25-19(12)16)13(8-21)9-22-10-14-4-3-5-18(24-14)26-2/h3-9,11-12,19,21-22H,10H2,1-2H3/b13-9+,21-8?. The molecule has 6 nitrogen and oxygen atoms in total. The fourth-order valence-electron chi connectivity index (χ4n) is 2.89. The predicted molar refractivity (Wildman–Crippen MR) is 105 cm³/mol. The summed E-state index contributed by atoms with van der Waals surface area (Å²) in [5.74, 6) is 0.650. The van der Waals surface area contributed by atoms with E-state index in [2.05, 4.69) is 27.2 Å². The number of hydrogen-bond donors (Lipinski definition) is 2. The molecule has 2 unspecified atom stereocenters. The third-order valence-corrected chi connectivity index (χ3v) is 4.52. The van der Waals surface area contributed by atoms with Crippen molar-refractivity contribution in [3.8, 4) is 5.88 Å². The maximum absolute atomic E-state index is 7.77. The first-order valence-electron chi connectivity index (χ1n) is 8.26. The molecule has 3 rings (SSSR count). The third kappa shape index (κ3) is 3.91. The van der Waals surface area contributed by atoms with E-state index in [1.54, 1.807) is 31.7 Å². The first kappa shape index (κ1) is 18.1. The Hall–Kier alpha value is -2.73. The maximum Gasteiger partial charge on any atom is 0.213 e. The molecule has 7 heteroatoms. The lowest BCUT2D eigenvalue weighted by molar-refractivity contribution is 0.396. The second kappa shape index (κ2) is 8.10. The smallest absolute Gasteiger partial charge is 0.213 e. The van der Waals surface area contributed by atoms with E-state index in [0.717, 1.165) is 22.6 Å². The van der Waals surface area contributed by atoms with Gasteiger partial charge in [0.05, 0.1) is 25.1 Å². The van der Waals surface area contributed by atoms with Gasteiger partial charge < -0.3 is 15.5 Å². The largest absolute Gasteiger partial charge is 0.481 e. The van der Waals surface area contributed by atoms with Crippen LogP contribution < -0.4 is 10.1 Å². The molecule has 0 aromatic carbocycles. The number of hydrogen-bond acceptors (Lipinski definition) is 6. The van der Waals surface area contributed by atoms with Gasteiger partial charge in [0.2, 0.25) is 5.88 Å². The van der Waals surface area contributed by atoms with Crippen LogP contribution in [-0.2, 0) is 6.54 Å². The molecule has 0 spiro atoms. The molecule has 134 valence electrons. The highest BCUT2D eigenvalue weighted by Gasteiger charge is 2.30. The van der Waals surface area contributed by atoms with Gasteiger partial charge in [-0.2, -0.15) is 0 Å². The van der Waals surface area contributed by atoms with E-state index in [4.69, 9.17) is 21.7 Å². The van der Waals surface area contributed by atoms with Crippen molar-refractivity contribution in [1.82, 2.24) is 10.3 Å². The molecular formula is C19H20ClN5O. The van der Waals surface area contributed by atoms with Crippen LogP contribution in [0, 0.1) is 11.3 Å². The fourth-order valence-corrected chi connectivity index (χ4v) is 3.06. The number of aliphatic imine (C=N–C) groups is 2. The fraction of sp³-hybridized carbons (Fsp3) is 0.263. The summed E-state index contributed by atoms with van der Waals surface area (Å²) in [6.07, 6.45) is 8.57. The van der Waals surface area contributed by atoms with Gasteiger partial charge >= 0.3 is 0 Å². The van der Waals surface area contributed by atoms with Crippen molar-refractivity contribution >= 4 is 28.7 Å². The SMILES string of the molecule is COc1cccc(CN/C=C(\C=N)C2=CN=C3C=CC(Cl)=NC3C2C)n1. The molecule has 0 aliphatic carbocycles. The first-order chi connectivity index (χ1) is 12.6. The zero-order valence-electron chi connectivity index (χ0n) is 14.6. The Kier molecular flexibility index (Phi) is 5.63. The van der Waals surface area contributed by atoms with Crippen LogP contribution in [-0.4, -0.2) is 35.2 Å². The maximum atomic E-state index is 7.77. The molecule has 0 amide bonds. The highest BCUT2D eigenvalue weighted by Crippen LogP contribution is 2.30. The molecule has 0 bridgehead atoms. The molecule has 2 aliphatic rings. The highest BCUT2D eigenvalue weighted by molar-refractivity contribution is 6.69. The molecule has 26 heavy (non-hydrogen) atoms. The van der Waals surface area contributed by atoms with Crippen molar-refractivity contribution < 1.29 is 4.74 Å². The van der Waals surface area contributed by atoms with Gasteiger partial charge in [-0.3, -0.25) is 9.98 Å². The number of halogens is 1. The third-order valence-electron chi connectivity index (χ3n) is 4.29. The Bertz CT molecular complexity index is 853. The van der Waals surface area contributed by atoms with E-state index in [9.17, 15) is 0 Å². The summed E-state index contributed by atoms with van der Waals surface area (Å²) in [6.45, 7) is 2.60. The van der Waals surface area contributed by atoms with Crippen LogP contribution in [0.25, 0.3) is 0 Å². The molecular weight excluding hydrogens is 350 g/mol. The van der Waals surface area contributed by atoms with Gasteiger partial charge in [-0.15, -0.1) is 0 Å². The highest BCUT2D eigenvalue weighted by atomic mass is 35.5. The van der Waals surface area contributed by atoms with Crippen LogP contribution in [0.3, 0.4) is 0 Å². The Morgan fingerprint density at radius 1 is 1.38 bits per heavy atom. The lowest BCUT2D eigenvalue weighted by atomic mass is 9.84. The zero-order valence-corrected chi connectivity index (χ0v) is 15.4. The monoisotopic (exact) mass is 369 g/mol. The van der Waals surface area contributed by atoms with Crippen molar-refractivity contribution in [2.45, 2.75) is 19.5 Å². The summed E-state index contributed by atoms with van der Waals surface area (Å²) < 4.78 is 5.13. The van der Waals surface area contributed by atoms with Crippen molar-refractivity contribution in [2.24, 2.45) is 15.9 Å². The number of dihydropyridines is 1. The number of fused-ring (bicyclic) bond motifs is 1. The number of aromatic nitrogens is 1. The lowest BCUT2D eigenvalue weighted by Crippen LogP contribution is -2.32. The molecule has 0 radical (unpaired) electrons. The van der Waals surface area contributed by atoms with Crippen molar-refractivity contribution in [1.29, 1.82) is 5.41 Å². The van der Waals surface area contributed by atoms with Crippen molar-refractivity contribution in [3.05, 3.63) is 59.6 Å². The van der Waals surface area contributed by atoms with Crippen LogP contribution in [0.1, 0.15) is 12.6 Å². The van der Waals surface area contributed by atoms with Gasteiger partial charge in [-0.25, -0.2) is 4.98 Å². The van der Waals surface area contributed by atoms with E-state index in [1.807, 2.05) is 18.2 Å². The van der Waals surface area contributed by atoms with E-state index >= 15 is 0 Å². The predicted octanol–water partition coefficient (Wildman–Crippen LogP) is 3.26. The summed E-state index contributed by atoms with van der Waals surface area (Å²) in [7, 11) is 1.59. The average Bonchev–Trinajstić information content (AvgIpc) is 2.67. The quantitative estimate of drug-likeness (QED) is 0.755. The van der Waals surface area contributed by atoms with Crippen LogP contribution in [0.4, 0.5) is 0 Å². The number of rotatable bonds is 6. The minimum Gasteiger partial charge on any atom is -0.481 e. The summed E-state index contributed by atoms with van der Waals surface area (Å²) in [5.41, 5.74) is 3.45. The number of ether oxygens (including phenoxy) is 1. The number of nitrogens with one attached hydrogen (secondary N) is 2. The zero-order chi connectivity index (χ0) is 18.5. The second-order valence-corrected chi connectivity index (χ2v) is 6.34. The van der Waals surface area contributed by atoms with Crippen molar-refractivity contribution in [2.75, 3.05) is 7.11 Å². The van der Waals surface area contributed by atoms with Gasteiger partial charge in [0, 0.05) is 36.2 Å². The Balaban J connectivity index is 1.75. The molecule has 2 atom stereocenters. The van der Waals surface area contributed by atoms with E-state index < -0.39 is 0 Å². The molecule has 1 aromatic heterocycles. The van der Waals surface area contributed by atoms with Gasteiger partial charge in [-0.05, 0) is 23.8 Å². The lowest BCUT2D eigenvalue weighted by Gasteiger charge is -2.28. The van der Waals surface area contributed by atoms with Gasteiger partial charge in [-0.1, -0.05) is 24.6 Å². The molecule has 3 heterocycles. The topological polar surface area (TPSA) is 82.7 Å². The average molecular weight is 370 g/mol. The number of pyridine rings is 1. The summed E-state index contributed by atoms with van der Waals surface area (Å²) in [4.78, 5) is 13.3. The summed E-state index contributed by atoms with van der Waals surface area (Å²) in [6, 6.07) is 5.49. The molecule has 0 saturated carbocycles. The van der Waals surface area contributed by atoms with Crippen LogP contribution >= 0.6 is 11.6 Å². The summed E-state index contributed by atoms with van der Waals surface area (Å²) in [5, 5.41) is 11.5. The van der Waals surface area contributed by atoms with Gasteiger partial charge in [0.1, 0.15) is 11.2 Å². The molecule has 0 saturated heterocycles. The Morgan fingerprint density at radius 2 is 2.23 bits per heavy atom. The number of methoxy groups -OCH3 is 1. The van der Waals surface area contributed by atoms with E-state index in [-0.39, 0.29) is 12.0 Å². The minimum atomic E-state index is -0.115. The summed E-state index contributed by atoms with van der Waals surface area (Å²) >= 11 is 6.04. The Morgan fingerprint density at radius 3 is 3.00 bits per heavy atom. The molecule has 2 N–H and O–H groups in total. The normalized spacial score (nSPS) is 22.0. The first-order valence-corrected chi connectivity index (χ1v) is 8.63. The number of nitrogens with zero attached hydrogens (tertiary/aromatic N) is 3. The van der Waals surface area contributed by atoms with Crippen molar-refractivity contribution in [3.63, 3.8) is 0 Å². The minimum absolute atomic E-state index is 0.0748. The molecule has 2 aliphatic heterocycles. The number of allylic oxidation sites excluding steroid dienone is 2. The molecule has 1 aromatic rings. The van der Waals surface area contributed by atoms with Crippen LogP contribution in [0.5, 0.6) is 5.88 Å². The second-order valence-electron chi connectivity index (χ2n) is 5.95. The van der Waals surface area contributed by atoms with Gasteiger partial charge in [0.25, 0.3) is 0 Å². The van der Waals surface area contributed by atoms with Crippen LogP contribution in [0.2, 0.25) is 0 Å². The van der Waals surface area contributed by atoms with Crippen LogP contribution in [0.15, 0.2) is 63.9 Å². The van der Waals surface area contributed by atoms with E-state index in [0.29, 0.717) is 17.6 Å². The van der Waals surface area contributed by atoms with Gasteiger partial charge in [0.15, 0.2) is 0 Å². The Labute approximate surface area is 157 Å².